The molecule has 0 bridgehead atoms. The summed E-state index contributed by atoms with van der Waals surface area (Å²) in [6, 6.07) is 33.3. The van der Waals surface area contributed by atoms with Crippen molar-refractivity contribution in [2.75, 3.05) is 39.4 Å². The molecule has 0 aromatic heterocycles. The lowest BCUT2D eigenvalue weighted by Gasteiger charge is -2.41. The first-order valence-corrected chi connectivity index (χ1v) is 12.7. The Morgan fingerprint density at radius 2 is 1.18 bits per heavy atom. The number of rotatable bonds is 9. The van der Waals surface area contributed by atoms with Crippen molar-refractivity contribution in [1.29, 1.82) is 0 Å². The first-order valence-electron chi connectivity index (χ1n) is 12.7. The molecular formula is C30H36N2O2. The Balaban J connectivity index is 1.47. The maximum Gasteiger partial charge on any atom is 0.164 e. The van der Waals surface area contributed by atoms with Gasteiger partial charge in [0.15, 0.2) is 6.29 Å². The first kappa shape index (κ1) is 23.3. The second-order valence-corrected chi connectivity index (χ2v) is 9.36. The Morgan fingerprint density at radius 3 is 1.71 bits per heavy atom. The largest absolute Gasteiger partial charge is 0.350 e. The van der Waals surface area contributed by atoms with Crippen molar-refractivity contribution in [3.63, 3.8) is 0 Å². The van der Waals surface area contributed by atoms with Gasteiger partial charge in [-0.15, -0.1) is 0 Å². The zero-order valence-electron chi connectivity index (χ0n) is 19.9. The van der Waals surface area contributed by atoms with Crippen LogP contribution >= 0.6 is 0 Å². The monoisotopic (exact) mass is 456 g/mol. The van der Waals surface area contributed by atoms with E-state index in [1.807, 2.05) is 0 Å². The minimum Gasteiger partial charge on any atom is -0.350 e. The Labute approximate surface area is 203 Å². The van der Waals surface area contributed by atoms with Crippen LogP contribution in [0, 0.1) is 0 Å². The standard InChI is InChI=1S/C30H36N2O2/c1-4-10-24(11-5-1)27(30-33-22-23-34-30)16-17-28(32-20-18-31-19-21-32)29(25-12-6-2-7-13-25)26-14-8-3-9-15-26/h1-15,27-31H,16-23H2. The summed E-state index contributed by atoms with van der Waals surface area (Å²) in [5.74, 6) is 0.559. The highest BCUT2D eigenvalue weighted by atomic mass is 16.7. The molecule has 34 heavy (non-hydrogen) atoms. The van der Waals surface area contributed by atoms with E-state index >= 15 is 0 Å². The van der Waals surface area contributed by atoms with Gasteiger partial charge in [0.25, 0.3) is 0 Å². The van der Waals surface area contributed by atoms with Crippen molar-refractivity contribution in [1.82, 2.24) is 10.2 Å². The zero-order chi connectivity index (χ0) is 23.0. The fraction of sp³-hybridized carbons (Fsp3) is 0.400. The van der Waals surface area contributed by atoms with E-state index < -0.39 is 0 Å². The van der Waals surface area contributed by atoms with E-state index in [-0.39, 0.29) is 12.2 Å². The molecule has 2 atom stereocenters. The van der Waals surface area contributed by atoms with Crippen LogP contribution in [0.5, 0.6) is 0 Å². The molecule has 0 aliphatic carbocycles. The van der Waals surface area contributed by atoms with Crippen LogP contribution in [0.25, 0.3) is 0 Å². The quantitative estimate of drug-likeness (QED) is 0.490. The third-order valence-corrected chi connectivity index (χ3v) is 7.30. The molecule has 3 aromatic carbocycles. The van der Waals surface area contributed by atoms with Crippen LogP contribution in [0.1, 0.15) is 41.4 Å². The lowest BCUT2D eigenvalue weighted by atomic mass is 9.80. The molecule has 0 amide bonds. The number of nitrogens with zero attached hydrogens (tertiary/aromatic N) is 1. The van der Waals surface area contributed by atoms with E-state index in [1.54, 1.807) is 0 Å². The molecule has 2 aliphatic rings. The highest BCUT2D eigenvalue weighted by Crippen LogP contribution is 2.37. The highest BCUT2D eigenvalue weighted by Gasteiger charge is 2.34. The minimum absolute atomic E-state index is 0.155. The topological polar surface area (TPSA) is 33.7 Å². The van der Waals surface area contributed by atoms with E-state index in [0.717, 1.165) is 39.0 Å². The van der Waals surface area contributed by atoms with Gasteiger partial charge in [-0.1, -0.05) is 91.0 Å². The predicted octanol–water partition coefficient (Wildman–Crippen LogP) is 5.03. The SMILES string of the molecule is c1ccc(C(CCC(C(c2ccccc2)c2ccccc2)N2CCNCC2)C2OCCO2)cc1. The average molecular weight is 457 g/mol. The zero-order valence-corrected chi connectivity index (χ0v) is 19.9. The lowest BCUT2D eigenvalue weighted by molar-refractivity contribution is -0.0643. The maximum absolute atomic E-state index is 6.03. The molecular weight excluding hydrogens is 420 g/mol. The van der Waals surface area contributed by atoms with Crippen molar-refractivity contribution in [3.8, 4) is 0 Å². The summed E-state index contributed by atoms with van der Waals surface area (Å²) in [4.78, 5) is 2.71. The molecule has 1 N–H and O–H groups in total. The summed E-state index contributed by atoms with van der Waals surface area (Å²) < 4.78 is 12.1. The number of ether oxygens (including phenoxy) is 2. The summed E-state index contributed by atoms with van der Waals surface area (Å²) in [5.41, 5.74) is 4.09. The van der Waals surface area contributed by atoms with Gasteiger partial charge in [-0.2, -0.15) is 0 Å². The third-order valence-electron chi connectivity index (χ3n) is 7.30. The number of hydrogen-bond donors (Lipinski definition) is 1. The molecule has 5 rings (SSSR count). The van der Waals surface area contributed by atoms with Gasteiger partial charge >= 0.3 is 0 Å². The normalized spacial score (nSPS) is 19.3. The molecule has 3 aromatic rings. The Hall–Kier alpha value is -2.50. The Bertz CT molecular complexity index is 931. The van der Waals surface area contributed by atoms with E-state index in [0.29, 0.717) is 25.2 Å². The van der Waals surface area contributed by atoms with Crippen LogP contribution in [0.15, 0.2) is 91.0 Å². The molecule has 2 unspecified atom stereocenters. The van der Waals surface area contributed by atoms with Crippen molar-refractivity contribution in [2.45, 2.75) is 37.0 Å². The van der Waals surface area contributed by atoms with E-state index in [2.05, 4.69) is 101 Å². The molecule has 2 heterocycles. The summed E-state index contributed by atoms with van der Waals surface area (Å²) in [5, 5.41) is 3.54. The number of hydrogen-bond acceptors (Lipinski definition) is 4. The minimum atomic E-state index is -0.155. The molecule has 4 heteroatoms. The number of benzene rings is 3. The molecule has 0 spiro atoms. The molecule has 4 nitrogen and oxygen atoms in total. The Kier molecular flexibility index (Phi) is 8.05. The summed E-state index contributed by atoms with van der Waals surface area (Å²) >= 11 is 0. The second-order valence-electron chi connectivity index (χ2n) is 9.36. The van der Waals surface area contributed by atoms with Crippen molar-refractivity contribution in [2.24, 2.45) is 0 Å². The predicted molar refractivity (Wildman–Crippen MR) is 137 cm³/mol. The molecule has 2 aliphatic heterocycles. The molecule has 2 fully saturated rings. The fourth-order valence-electron chi connectivity index (χ4n) is 5.65. The van der Waals surface area contributed by atoms with E-state index in [9.17, 15) is 0 Å². The van der Waals surface area contributed by atoms with Gasteiger partial charge in [0.2, 0.25) is 0 Å². The molecule has 2 saturated heterocycles. The summed E-state index contributed by atoms with van der Waals surface area (Å²) in [6.07, 6.45) is 1.95. The van der Waals surface area contributed by atoms with Crippen LogP contribution < -0.4 is 5.32 Å². The lowest BCUT2D eigenvalue weighted by Crippen LogP contribution is -2.50. The third kappa shape index (κ3) is 5.59. The van der Waals surface area contributed by atoms with E-state index in [1.165, 1.54) is 16.7 Å². The number of nitrogens with one attached hydrogen (secondary N) is 1. The smallest absolute Gasteiger partial charge is 0.164 e. The average Bonchev–Trinajstić information content (AvgIpc) is 3.45. The maximum atomic E-state index is 6.03. The van der Waals surface area contributed by atoms with Gasteiger partial charge in [-0.05, 0) is 29.5 Å². The van der Waals surface area contributed by atoms with Gasteiger partial charge in [0, 0.05) is 44.1 Å². The van der Waals surface area contributed by atoms with Crippen molar-refractivity contribution >= 4 is 0 Å². The fourth-order valence-corrected chi connectivity index (χ4v) is 5.65. The molecule has 0 radical (unpaired) electrons. The van der Waals surface area contributed by atoms with Gasteiger partial charge in [-0.3, -0.25) is 4.90 Å². The van der Waals surface area contributed by atoms with E-state index in [4.69, 9.17) is 9.47 Å². The van der Waals surface area contributed by atoms with Crippen LogP contribution in [0.3, 0.4) is 0 Å². The molecule has 178 valence electrons. The van der Waals surface area contributed by atoms with Gasteiger partial charge in [0.1, 0.15) is 0 Å². The van der Waals surface area contributed by atoms with Crippen LogP contribution in [-0.2, 0) is 9.47 Å². The van der Waals surface area contributed by atoms with Crippen LogP contribution in [0.2, 0.25) is 0 Å². The summed E-state index contributed by atoms with van der Waals surface area (Å²) in [7, 11) is 0. The Morgan fingerprint density at radius 1 is 0.676 bits per heavy atom. The van der Waals surface area contributed by atoms with Crippen LogP contribution in [-0.4, -0.2) is 56.6 Å². The van der Waals surface area contributed by atoms with Crippen LogP contribution in [0.4, 0.5) is 0 Å². The molecule has 0 saturated carbocycles. The first-order chi connectivity index (χ1) is 16.9. The van der Waals surface area contributed by atoms with Crippen molar-refractivity contribution < 1.29 is 9.47 Å². The van der Waals surface area contributed by atoms with Crippen molar-refractivity contribution in [3.05, 3.63) is 108 Å². The van der Waals surface area contributed by atoms with Gasteiger partial charge < -0.3 is 14.8 Å². The number of piperazine rings is 1. The van der Waals surface area contributed by atoms with Gasteiger partial charge in [-0.25, -0.2) is 0 Å². The summed E-state index contributed by atoms with van der Waals surface area (Å²) in [6.45, 7) is 5.62. The second kappa shape index (κ2) is 11.8. The highest BCUT2D eigenvalue weighted by molar-refractivity contribution is 5.34. The van der Waals surface area contributed by atoms with Gasteiger partial charge in [0.05, 0.1) is 13.2 Å².